The Morgan fingerprint density at radius 1 is 1.45 bits per heavy atom. The van der Waals surface area contributed by atoms with E-state index < -0.39 is 5.97 Å². The highest BCUT2D eigenvalue weighted by Crippen LogP contribution is 2.30. The summed E-state index contributed by atoms with van der Waals surface area (Å²) in [6, 6.07) is 5.78. The predicted octanol–water partition coefficient (Wildman–Crippen LogP) is 3.15. The number of rotatable bonds is 2. The Morgan fingerprint density at radius 3 is 2.95 bits per heavy atom. The van der Waals surface area contributed by atoms with Gasteiger partial charge in [0.05, 0.1) is 5.56 Å². The van der Waals surface area contributed by atoms with E-state index in [0.717, 1.165) is 25.3 Å². The van der Waals surface area contributed by atoms with E-state index in [1.807, 2.05) is 0 Å². The van der Waals surface area contributed by atoms with E-state index in [4.69, 9.17) is 9.52 Å². The van der Waals surface area contributed by atoms with Crippen molar-refractivity contribution in [3.05, 3.63) is 23.8 Å². The molecule has 1 N–H and O–H groups in total. The summed E-state index contributed by atoms with van der Waals surface area (Å²) in [4.78, 5) is 17.6. The number of carboxylic acids is 1. The molecule has 5 heteroatoms. The number of carboxylic acid groups (broad SMARTS) is 1. The van der Waals surface area contributed by atoms with Crippen LogP contribution in [0.3, 0.4) is 0 Å². The average Bonchev–Trinajstić information content (AvgIpc) is 2.80. The molecule has 0 bridgehead atoms. The van der Waals surface area contributed by atoms with Gasteiger partial charge in [-0.25, -0.2) is 4.79 Å². The molecule has 1 saturated heterocycles. The molecule has 1 aliphatic rings. The second-order valence-electron chi connectivity index (χ2n) is 5.66. The van der Waals surface area contributed by atoms with Crippen molar-refractivity contribution in [1.29, 1.82) is 0 Å². The fourth-order valence-corrected chi connectivity index (χ4v) is 2.86. The highest BCUT2D eigenvalue weighted by Gasteiger charge is 2.26. The zero-order chi connectivity index (χ0) is 14.3. The number of oxazole rings is 1. The summed E-state index contributed by atoms with van der Waals surface area (Å²) in [7, 11) is 0. The summed E-state index contributed by atoms with van der Waals surface area (Å²) >= 11 is 0. The smallest absolute Gasteiger partial charge is 0.335 e. The number of piperidine rings is 1. The maximum atomic E-state index is 11.0. The molecule has 0 aliphatic carbocycles. The molecular weight excluding hydrogens is 256 g/mol. The lowest BCUT2D eigenvalue weighted by Crippen LogP contribution is -2.40. The molecule has 2 aromatic rings. The molecule has 1 fully saturated rings. The molecule has 3 rings (SSSR count). The fraction of sp³-hybridized carbons (Fsp3) is 0.467. The van der Waals surface area contributed by atoms with Crippen molar-refractivity contribution < 1.29 is 14.3 Å². The third-order valence-electron chi connectivity index (χ3n) is 4.01. The number of anilines is 1. The van der Waals surface area contributed by atoms with E-state index in [1.54, 1.807) is 12.1 Å². The van der Waals surface area contributed by atoms with E-state index in [9.17, 15) is 4.79 Å². The molecule has 20 heavy (non-hydrogen) atoms. The van der Waals surface area contributed by atoms with Crippen LogP contribution in [0.2, 0.25) is 0 Å². The van der Waals surface area contributed by atoms with Gasteiger partial charge in [0.25, 0.3) is 6.01 Å². The van der Waals surface area contributed by atoms with E-state index in [-0.39, 0.29) is 5.56 Å². The average molecular weight is 274 g/mol. The largest absolute Gasteiger partial charge is 0.478 e. The third-order valence-corrected chi connectivity index (χ3v) is 4.01. The zero-order valence-corrected chi connectivity index (χ0v) is 11.7. The first kappa shape index (κ1) is 13.0. The first-order valence-corrected chi connectivity index (χ1v) is 6.95. The third kappa shape index (κ3) is 2.24. The van der Waals surface area contributed by atoms with Gasteiger partial charge in [-0.2, -0.15) is 4.98 Å². The molecule has 5 nitrogen and oxygen atoms in total. The number of carbonyl (C=O) groups is 1. The van der Waals surface area contributed by atoms with Gasteiger partial charge in [-0.3, -0.25) is 0 Å². The second-order valence-corrected chi connectivity index (χ2v) is 5.66. The molecule has 2 heterocycles. The van der Waals surface area contributed by atoms with Gasteiger partial charge in [0.15, 0.2) is 5.58 Å². The van der Waals surface area contributed by atoms with Crippen molar-refractivity contribution in [3.63, 3.8) is 0 Å². The normalized spacial score (nSPS) is 23.2. The summed E-state index contributed by atoms with van der Waals surface area (Å²) in [5, 5.41) is 9.00. The molecular formula is C15H18N2O3. The van der Waals surface area contributed by atoms with Crippen LogP contribution in [0.25, 0.3) is 11.1 Å². The van der Waals surface area contributed by atoms with Gasteiger partial charge < -0.3 is 14.4 Å². The summed E-state index contributed by atoms with van der Waals surface area (Å²) < 4.78 is 5.76. The van der Waals surface area contributed by atoms with Crippen molar-refractivity contribution in [2.24, 2.45) is 5.92 Å². The van der Waals surface area contributed by atoms with Crippen LogP contribution < -0.4 is 4.90 Å². The highest BCUT2D eigenvalue weighted by atomic mass is 16.4. The van der Waals surface area contributed by atoms with Crippen molar-refractivity contribution in [2.45, 2.75) is 32.7 Å². The Labute approximate surface area is 117 Å². The minimum atomic E-state index is -0.954. The van der Waals surface area contributed by atoms with Crippen molar-refractivity contribution >= 4 is 23.1 Å². The number of fused-ring (bicyclic) bond motifs is 1. The molecule has 2 atom stereocenters. The van der Waals surface area contributed by atoms with Crippen molar-refractivity contribution in [2.75, 3.05) is 11.4 Å². The van der Waals surface area contributed by atoms with Crippen LogP contribution in [0, 0.1) is 5.92 Å². The summed E-state index contributed by atoms with van der Waals surface area (Å²) in [6.07, 6.45) is 2.25. The SMILES string of the molecule is CC1CCN(c2nc3ccc(C(=O)O)cc3o2)C(C)C1. The number of nitrogens with zero attached hydrogens (tertiary/aromatic N) is 2. The first-order valence-electron chi connectivity index (χ1n) is 6.95. The Kier molecular flexibility index (Phi) is 3.12. The number of benzene rings is 1. The van der Waals surface area contributed by atoms with Crippen LogP contribution in [0.4, 0.5) is 6.01 Å². The molecule has 0 amide bonds. The maximum absolute atomic E-state index is 11.0. The zero-order valence-electron chi connectivity index (χ0n) is 11.7. The Balaban J connectivity index is 1.94. The minimum Gasteiger partial charge on any atom is -0.478 e. The quantitative estimate of drug-likeness (QED) is 0.911. The van der Waals surface area contributed by atoms with Crippen LogP contribution in [0.1, 0.15) is 37.0 Å². The fourth-order valence-electron chi connectivity index (χ4n) is 2.86. The summed E-state index contributed by atoms with van der Waals surface area (Å²) in [6.45, 7) is 5.37. The van der Waals surface area contributed by atoms with Gasteiger partial charge in [0.2, 0.25) is 0 Å². The van der Waals surface area contributed by atoms with Gasteiger partial charge in [-0.15, -0.1) is 0 Å². The van der Waals surface area contributed by atoms with Crippen LogP contribution in [0.5, 0.6) is 0 Å². The standard InChI is InChI=1S/C15H18N2O3/c1-9-5-6-17(10(2)7-9)15-16-12-4-3-11(14(18)19)8-13(12)20-15/h3-4,8-10H,5-7H2,1-2H3,(H,18,19). The van der Waals surface area contributed by atoms with Crippen LogP contribution >= 0.6 is 0 Å². The van der Waals surface area contributed by atoms with E-state index in [2.05, 4.69) is 23.7 Å². The van der Waals surface area contributed by atoms with Crippen LogP contribution in [-0.2, 0) is 0 Å². The lowest BCUT2D eigenvalue weighted by molar-refractivity contribution is 0.0697. The van der Waals surface area contributed by atoms with Crippen LogP contribution in [-0.4, -0.2) is 28.6 Å². The van der Waals surface area contributed by atoms with Gasteiger partial charge in [-0.05, 0) is 43.9 Å². The van der Waals surface area contributed by atoms with E-state index >= 15 is 0 Å². The maximum Gasteiger partial charge on any atom is 0.335 e. The number of aromatic nitrogens is 1. The topological polar surface area (TPSA) is 66.6 Å². The molecule has 1 aromatic heterocycles. The molecule has 2 unspecified atom stereocenters. The van der Waals surface area contributed by atoms with Gasteiger partial charge >= 0.3 is 5.97 Å². The monoisotopic (exact) mass is 274 g/mol. The van der Waals surface area contributed by atoms with Crippen molar-refractivity contribution in [3.8, 4) is 0 Å². The first-order chi connectivity index (χ1) is 9.54. The number of hydrogen-bond donors (Lipinski definition) is 1. The lowest BCUT2D eigenvalue weighted by Gasteiger charge is -2.35. The van der Waals surface area contributed by atoms with Crippen LogP contribution in [0.15, 0.2) is 22.6 Å². The Morgan fingerprint density at radius 2 is 2.25 bits per heavy atom. The summed E-state index contributed by atoms with van der Waals surface area (Å²) in [5.41, 5.74) is 1.46. The molecule has 0 radical (unpaired) electrons. The Hall–Kier alpha value is -2.04. The molecule has 0 saturated carbocycles. The molecule has 106 valence electrons. The Bertz CT molecular complexity index is 650. The molecule has 0 spiro atoms. The number of hydrogen-bond acceptors (Lipinski definition) is 4. The number of aromatic carboxylic acids is 1. The van der Waals surface area contributed by atoms with Crippen molar-refractivity contribution in [1.82, 2.24) is 4.98 Å². The van der Waals surface area contributed by atoms with Gasteiger partial charge in [0.1, 0.15) is 5.52 Å². The molecule has 1 aliphatic heterocycles. The van der Waals surface area contributed by atoms with E-state index in [1.165, 1.54) is 6.07 Å². The second kappa shape index (κ2) is 4.81. The highest BCUT2D eigenvalue weighted by molar-refractivity contribution is 5.92. The minimum absolute atomic E-state index is 0.223. The van der Waals surface area contributed by atoms with Gasteiger partial charge in [-0.1, -0.05) is 6.92 Å². The van der Waals surface area contributed by atoms with E-state index in [0.29, 0.717) is 23.2 Å². The lowest BCUT2D eigenvalue weighted by atomic mass is 9.94. The predicted molar refractivity (Wildman–Crippen MR) is 76.2 cm³/mol. The molecule has 1 aromatic carbocycles. The summed E-state index contributed by atoms with van der Waals surface area (Å²) in [5.74, 6) is -0.228. The van der Waals surface area contributed by atoms with Gasteiger partial charge in [0, 0.05) is 12.6 Å².